The van der Waals surface area contributed by atoms with Gasteiger partial charge < -0.3 is 19.5 Å². The van der Waals surface area contributed by atoms with Gasteiger partial charge in [-0.1, -0.05) is 24.8 Å². The van der Waals surface area contributed by atoms with Crippen LogP contribution in [0.15, 0.2) is 36.6 Å². The number of rotatable bonds is 1. The topological polar surface area (TPSA) is 79.3 Å². The Morgan fingerprint density at radius 2 is 1.72 bits per heavy atom. The number of nitrogens with zero attached hydrogens (tertiary/aromatic N) is 2. The number of allylic oxidation sites excluding steroid dienone is 1. The zero-order valence-electron chi connectivity index (χ0n) is 17.8. The largest absolute Gasteiger partial charge is 0.444 e. The molecule has 0 aromatic heterocycles. The van der Waals surface area contributed by atoms with Crippen LogP contribution in [-0.4, -0.2) is 46.6 Å². The van der Waals surface area contributed by atoms with Gasteiger partial charge in [-0.3, -0.25) is 0 Å². The first-order chi connectivity index (χ1) is 13.4. The number of carbonyl (C=O) groups is 2. The van der Waals surface area contributed by atoms with Crippen LogP contribution in [0.25, 0.3) is 0 Å². The first-order valence-electron chi connectivity index (χ1n) is 9.86. The van der Waals surface area contributed by atoms with E-state index in [-0.39, 0.29) is 11.9 Å². The Labute approximate surface area is 171 Å². The molecular formula is C22H30N2O5. The molecule has 2 heterocycles. The fraction of sp³-hybridized carbons (Fsp3) is 0.545. The van der Waals surface area contributed by atoms with Crippen molar-refractivity contribution in [1.29, 1.82) is 0 Å². The summed E-state index contributed by atoms with van der Waals surface area (Å²) in [7, 11) is 0. The predicted octanol–water partition coefficient (Wildman–Crippen LogP) is 4.15. The molecule has 1 saturated heterocycles. The van der Waals surface area contributed by atoms with Crippen molar-refractivity contribution in [2.75, 3.05) is 18.0 Å². The Kier molecular flexibility index (Phi) is 5.15. The Morgan fingerprint density at radius 1 is 1.14 bits per heavy atom. The Bertz CT molecular complexity index is 832. The fourth-order valence-corrected chi connectivity index (χ4v) is 4.39. The molecule has 1 aromatic carbocycles. The molecule has 7 heteroatoms. The highest BCUT2D eigenvalue weighted by molar-refractivity contribution is 5.93. The Hall–Kier alpha value is -2.54. The average Bonchev–Trinajstić information content (AvgIpc) is 2.78. The number of hydrogen-bond donors (Lipinski definition) is 1. The van der Waals surface area contributed by atoms with Crippen LogP contribution in [0.4, 0.5) is 15.3 Å². The van der Waals surface area contributed by atoms with Gasteiger partial charge in [0.1, 0.15) is 5.60 Å². The van der Waals surface area contributed by atoms with E-state index in [4.69, 9.17) is 9.47 Å². The van der Waals surface area contributed by atoms with Crippen LogP contribution in [0.1, 0.15) is 53.0 Å². The predicted molar refractivity (Wildman–Crippen MR) is 110 cm³/mol. The maximum atomic E-state index is 12.8. The summed E-state index contributed by atoms with van der Waals surface area (Å²) >= 11 is 0. The number of piperidine rings is 1. The number of para-hydroxylation sites is 1. The van der Waals surface area contributed by atoms with E-state index in [0.29, 0.717) is 31.6 Å². The molecule has 2 aliphatic heterocycles. The molecule has 1 aromatic rings. The maximum Gasteiger partial charge on any atom is 0.421 e. The number of amides is 2. The van der Waals surface area contributed by atoms with Crippen LogP contribution in [-0.2, 0) is 14.9 Å². The van der Waals surface area contributed by atoms with E-state index >= 15 is 0 Å². The summed E-state index contributed by atoms with van der Waals surface area (Å²) in [6, 6.07) is 7.45. The van der Waals surface area contributed by atoms with E-state index in [1.54, 1.807) is 24.8 Å². The molecule has 1 atom stereocenters. The van der Waals surface area contributed by atoms with Crippen molar-refractivity contribution in [1.82, 2.24) is 4.90 Å². The molecule has 2 aliphatic rings. The SMILES string of the molecule is C=C(C)OC(=O)N1c2ccccc2C2(CCN(C(=O)OC(C)(C)C)CC2)C1(C)O. The fourth-order valence-electron chi connectivity index (χ4n) is 4.39. The van der Waals surface area contributed by atoms with Crippen molar-refractivity contribution >= 4 is 17.9 Å². The van der Waals surface area contributed by atoms with Gasteiger partial charge in [-0.2, -0.15) is 0 Å². The third kappa shape index (κ3) is 3.59. The lowest BCUT2D eigenvalue weighted by Crippen LogP contribution is -2.61. The van der Waals surface area contributed by atoms with Gasteiger partial charge >= 0.3 is 12.2 Å². The number of ether oxygens (including phenoxy) is 2. The van der Waals surface area contributed by atoms with Gasteiger partial charge in [-0.05, 0) is 59.1 Å². The van der Waals surface area contributed by atoms with Gasteiger partial charge in [0.05, 0.1) is 11.4 Å². The summed E-state index contributed by atoms with van der Waals surface area (Å²) in [5, 5.41) is 11.6. The quantitative estimate of drug-likeness (QED) is 0.714. The first-order valence-corrected chi connectivity index (χ1v) is 9.86. The summed E-state index contributed by atoms with van der Waals surface area (Å²) in [6.45, 7) is 13.2. The summed E-state index contributed by atoms with van der Waals surface area (Å²) in [5.74, 6) is 0.254. The third-order valence-corrected chi connectivity index (χ3v) is 5.72. The van der Waals surface area contributed by atoms with Crippen LogP contribution in [0, 0.1) is 0 Å². The van der Waals surface area contributed by atoms with Crippen LogP contribution in [0.5, 0.6) is 0 Å². The van der Waals surface area contributed by atoms with Gasteiger partial charge in [-0.25, -0.2) is 14.5 Å². The minimum Gasteiger partial charge on any atom is -0.444 e. The van der Waals surface area contributed by atoms with Crippen molar-refractivity contribution in [3.63, 3.8) is 0 Å². The lowest BCUT2D eigenvalue weighted by Gasteiger charge is -2.47. The highest BCUT2D eigenvalue weighted by atomic mass is 16.6. The lowest BCUT2D eigenvalue weighted by molar-refractivity contribution is -0.0458. The second-order valence-corrected chi connectivity index (χ2v) is 8.99. The number of benzene rings is 1. The average molecular weight is 402 g/mol. The summed E-state index contributed by atoms with van der Waals surface area (Å²) in [6.07, 6.45) is -0.0431. The van der Waals surface area contributed by atoms with E-state index in [1.807, 2.05) is 39.0 Å². The summed E-state index contributed by atoms with van der Waals surface area (Å²) in [4.78, 5) is 28.2. The van der Waals surface area contributed by atoms with E-state index in [9.17, 15) is 14.7 Å². The van der Waals surface area contributed by atoms with Gasteiger partial charge in [-0.15, -0.1) is 0 Å². The minimum atomic E-state index is -1.51. The van der Waals surface area contributed by atoms with Crippen molar-refractivity contribution in [2.24, 2.45) is 0 Å². The molecule has 1 spiro atoms. The zero-order valence-corrected chi connectivity index (χ0v) is 17.8. The number of hydrogen-bond acceptors (Lipinski definition) is 5. The minimum absolute atomic E-state index is 0.254. The van der Waals surface area contributed by atoms with E-state index in [1.165, 1.54) is 4.90 Å². The lowest BCUT2D eigenvalue weighted by atomic mass is 9.68. The molecule has 3 rings (SSSR count). The van der Waals surface area contributed by atoms with Crippen LogP contribution in [0.3, 0.4) is 0 Å². The van der Waals surface area contributed by atoms with Crippen molar-refractivity contribution in [3.8, 4) is 0 Å². The monoisotopic (exact) mass is 402 g/mol. The molecule has 158 valence electrons. The smallest absolute Gasteiger partial charge is 0.421 e. The molecule has 1 unspecified atom stereocenters. The first kappa shape index (κ1) is 21.2. The Morgan fingerprint density at radius 3 is 2.28 bits per heavy atom. The number of aliphatic hydroxyl groups is 1. The summed E-state index contributed by atoms with van der Waals surface area (Å²) in [5.41, 5.74) is -1.29. The highest BCUT2D eigenvalue weighted by Gasteiger charge is 2.61. The Balaban J connectivity index is 1.91. The van der Waals surface area contributed by atoms with Gasteiger partial charge in [0.2, 0.25) is 0 Å². The normalized spacial score (nSPS) is 23.0. The zero-order chi connectivity index (χ0) is 21.6. The standard InChI is InChI=1S/C22H30N2O5/c1-15(2)28-19(26)24-17-10-8-7-9-16(17)22(21(24,6)27)11-13-23(14-12-22)18(25)29-20(3,4)5/h7-10,27H,1,11-14H2,2-6H3. The van der Waals surface area contributed by atoms with Crippen LogP contribution < -0.4 is 4.90 Å². The number of anilines is 1. The molecule has 7 nitrogen and oxygen atoms in total. The molecule has 29 heavy (non-hydrogen) atoms. The van der Waals surface area contributed by atoms with Gasteiger partial charge in [0.25, 0.3) is 0 Å². The molecule has 0 saturated carbocycles. The van der Waals surface area contributed by atoms with Gasteiger partial charge in [0, 0.05) is 18.5 Å². The molecule has 0 radical (unpaired) electrons. The van der Waals surface area contributed by atoms with Crippen LogP contribution in [0.2, 0.25) is 0 Å². The highest BCUT2D eigenvalue weighted by Crippen LogP contribution is 2.55. The molecule has 0 bridgehead atoms. The second-order valence-electron chi connectivity index (χ2n) is 8.99. The molecule has 1 fully saturated rings. The molecular weight excluding hydrogens is 372 g/mol. The van der Waals surface area contributed by atoms with E-state index < -0.39 is 22.8 Å². The molecule has 1 N–H and O–H groups in total. The van der Waals surface area contributed by atoms with Gasteiger partial charge in [0.15, 0.2) is 5.72 Å². The second kappa shape index (κ2) is 7.06. The van der Waals surface area contributed by atoms with Crippen LogP contribution >= 0.6 is 0 Å². The summed E-state index contributed by atoms with van der Waals surface area (Å²) < 4.78 is 10.7. The van der Waals surface area contributed by atoms with Crippen molar-refractivity contribution < 1.29 is 24.2 Å². The molecule has 0 aliphatic carbocycles. The number of fused-ring (bicyclic) bond motifs is 2. The number of likely N-dealkylation sites (tertiary alicyclic amines) is 1. The van der Waals surface area contributed by atoms with E-state index in [0.717, 1.165) is 5.56 Å². The molecule has 2 amide bonds. The third-order valence-electron chi connectivity index (χ3n) is 5.72. The van der Waals surface area contributed by atoms with Crippen molar-refractivity contribution in [2.45, 2.75) is 64.2 Å². The van der Waals surface area contributed by atoms with E-state index in [2.05, 4.69) is 6.58 Å². The maximum absolute atomic E-state index is 12.8. The van der Waals surface area contributed by atoms with Crippen molar-refractivity contribution in [3.05, 3.63) is 42.2 Å². The number of carbonyl (C=O) groups excluding carboxylic acids is 2.